The number of hydrogen-bond acceptors (Lipinski definition) is 1. The molecule has 0 amide bonds. The Kier molecular flexibility index (Phi) is 3.90. The van der Waals surface area contributed by atoms with Gasteiger partial charge in [-0.05, 0) is 25.0 Å². The highest BCUT2D eigenvalue weighted by Gasteiger charge is 2.55. The zero-order chi connectivity index (χ0) is 13.5. The van der Waals surface area contributed by atoms with E-state index in [0.29, 0.717) is 15.8 Å². The van der Waals surface area contributed by atoms with Crippen molar-refractivity contribution in [3.05, 3.63) is 28.2 Å². The van der Waals surface area contributed by atoms with E-state index in [2.05, 4.69) is 0 Å². The maximum atomic E-state index is 6.48. The fourth-order valence-electron chi connectivity index (χ4n) is 3.43. The van der Waals surface area contributed by atoms with Gasteiger partial charge >= 0.3 is 0 Å². The minimum absolute atomic E-state index is 0.158. The zero-order valence-corrected chi connectivity index (χ0v) is 12.9. The van der Waals surface area contributed by atoms with Gasteiger partial charge in [0, 0.05) is 28.3 Å². The molecule has 2 fully saturated rings. The SMILES string of the molecule is Clc1ccc(Cl)c(OC2CC(Cl)C23CCCCC3)c1. The molecule has 0 aromatic heterocycles. The van der Waals surface area contributed by atoms with Crippen molar-refractivity contribution in [3.63, 3.8) is 0 Å². The van der Waals surface area contributed by atoms with Crippen LogP contribution in [0.2, 0.25) is 10.0 Å². The van der Waals surface area contributed by atoms with Gasteiger partial charge in [-0.25, -0.2) is 0 Å². The number of halogens is 3. The third-order valence-electron chi connectivity index (χ3n) is 4.63. The van der Waals surface area contributed by atoms with Crippen molar-refractivity contribution >= 4 is 34.8 Å². The third kappa shape index (κ3) is 2.46. The van der Waals surface area contributed by atoms with Gasteiger partial charge in [0.25, 0.3) is 0 Å². The number of ether oxygens (including phenoxy) is 1. The Morgan fingerprint density at radius 2 is 1.84 bits per heavy atom. The van der Waals surface area contributed by atoms with E-state index in [1.165, 1.54) is 32.1 Å². The second-order valence-electron chi connectivity index (χ2n) is 5.68. The molecule has 0 saturated heterocycles. The zero-order valence-electron chi connectivity index (χ0n) is 10.7. The molecular formula is C15H17Cl3O. The molecule has 0 bridgehead atoms. The summed E-state index contributed by atoms with van der Waals surface area (Å²) in [6.07, 6.45) is 7.26. The normalized spacial score (nSPS) is 29.0. The average molecular weight is 320 g/mol. The highest BCUT2D eigenvalue weighted by atomic mass is 35.5. The molecule has 1 nitrogen and oxygen atoms in total. The Balaban J connectivity index is 1.78. The minimum atomic E-state index is 0.158. The van der Waals surface area contributed by atoms with E-state index in [-0.39, 0.29) is 16.9 Å². The lowest BCUT2D eigenvalue weighted by Crippen LogP contribution is -2.58. The first kappa shape index (κ1) is 13.9. The van der Waals surface area contributed by atoms with Crippen molar-refractivity contribution < 1.29 is 4.74 Å². The summed E-state index contributed by atoms with van der Waals surface area (Å²) in [6.45, 7) is 0. The second-order valence-corrected chi connectivity index (χ2v) is 7.05. The summed E-state index contributed by atoms with van der Waals surface area (Å²) in [7, 11) is 0. The van der Waals surface area contributed by atoms with Gasteiger partial charge in [0.05, 0.1) is 5.02 Å². The van der Waals surface area contributed by atoms with E-state index in [4.69, 9.17) is 39.5 Å². The van der Waals surface area contributed by atoms with Gasteiger partial charge in [-0.3, -0.25) is 0 Å². The van der Waals surface area contributed by atoms with Gasteiger partial charge in [-0.2, -0.15) is 0 Å². The molecule has 3 rings (SSSR count). The molecule has 1 aromatic carbocycles. The fourth-order valence-corrected chi connectivity index (χ4v) is 4.27. The van der Waals surface area contributed by atoms with Gasteiger partial charge in [0.2, 0.25) is 0 Å². The van der Waals surface area contributed by atoms with E-state index in [1.807, 2.05) is 0 Å². The van der Waals surface area contributed by atoms with Crippen molar-refractivity contribution in [2.24, 2.45) is 5.41 Å². The standard InChI is InChI=1S/C15H17Cl3O/c16-10-4-5-11(17)12(8-10)19-14-9-13(18)15(14)6-2-1-3-7-15/h4-5,8,13-14H,1-3,6-7,9H2. The highest BCUT2D eigenvalue weighted by Crippen LogP contribution is 2.56. The minimum Gasteiger partial charge on any atom is -0.488 e. The Morgan fingerprint density at radius 1 is 1.11 bits per heavy atom. The molecule has 104 valence electrons. The van der Waals surface area contributed by atoms with Crippen LogP contribution < -0.4 is 4.74 Å². The predicted octanol–water partition coefficient (Wildman–Crippen LogP) is 5.70. The molecule has 2 atom stereocenters. The lowest BCUT2D eigenvalue weighted by molar-refractivity contribution is -0.0649. The summed E-state index contributed by atoms with van der Waals surface area (Å²) in [5.74, 6) is 0.688. The molecule has 2 saturated carbocycles. The van der Waals surface area contributed by atoms with Gasteiger partial charge in [-0.1, -0.05) is 42.5 Å². The molecule has 4 heteroatoms. The van der Waals surface area contributed by atoms with Gasteiger partial charge in [-0.15, -0.1) is 11.6 Å². The first-order valence-electron chi connectivity index (χ1n) is 6.87. The maximum absolute atomic E-state index is 6.48. The van der Waals surface area contributed by atoms with Crippen LogP contribution in [0.15, 0.2) is 18.2 Å². The third-order valence-corrected chi connectivity index (χ3v) is 5.79. The molecule has 1 spiro atoms. The summed E-state index contributed by atoms with van der Waals surface area (Å²) < 4.78 is 6.12. The number of benzene rings is 1. The van der Waals surface area contributed by atoms with Crippen molar-refractivity contribution in [1.82, 2.24) is 0 Å². The molecule has 2 unspecified atom stereocenters. The molecule has 2 aliphatic rings. The maximum Gasteiger partial charge on any atom is 0.139 e. The van der Waals surface area contributed by atoms with Crippen LogP contribution in [0.5, 0.6) is 5.75 Å². The fraction of sp³-hybridized carbons (Fsp3) is 0.600. The average Bonchev–Trinajstić information content (AvgIpc) is 2.43. The van der Waals surface area contributed by atoms with E-state index in [1.54, 1.807) is 18.2 Å². The van der Waals surface area contributed by atoms with E-state index >= 15 is 0 Å². The first-order valence-corrected chi connectivity index (χ1v) is 8.07. The van der Waals surface area contributed by atoms with Crippen molar-refractivity contribution in [2.45, 2.75) is 50.0 Å². The van der Waals surface area contributed by atoms with Crippen LogP contribution in [0, 0.1) is 5.41 Å². The lowest BCUT2D eigenvalue weighted by atomic mass is 9.58. The van der Waals surface area contributed by atoms with Crippen molar-refractivity contribution in [2.75, 3.05) is 0 Å². The molecule has 19 heavy (non-hydrogen) atoms. The molecule has 0 N–H and O–H groups in total. The molecule has 2 aliphatic carbocycles. The molecule has 0 heterocycles. The Bertz CT molecular complexity index is 468. The molecule has 0 aliphatic heterocycles. The van der Waals surface area contributed by atoms with Crippen LogP contribution in [0.25, 0.3) is 0 Å². The van der Waals surface area contributed by atoms with Gasteiger partial charge in [0.1, 0.15) is 11.9 Å². The summed E-state index contributed by atoms with van der Waals surface area (Å²) in [6, 6.07) is 5.35. The van der Waals surface area contributed by atoms with Crippen molar-refractivity contribution in [3.8, 4) is 5.75 Å². The Hall–Kier alpha value is -0.110. The number of alkyl halides is 1. The second kappa shape index (κ2) is 5.35. The van der Waals surface area contributed by atoms with Crippen molar-refractivity contribution in [1.29, 1.82) is 0 Å². The summed E-state index contributed by atoms with van der Waals surface area (Å²) in [5.41, 5.74) is 0.158. The number of rotatable bonds is 2. The van der Waals surface area contributed by atoms with E-state index < -0.39 is 0 Å². The molecular weight excluding hydrogens is 303 g/mol. The summed E-state index contributed by atoms with van der Waals surface area (Å²) >= 11 is 18.6. The topological polar surface area (TPSA) is 9.23 Å². The van der Waals surface area contributed by atoms with Crippen LogP contribution in [-0.2, 0) is 0 Å². The quantitative estimate of drug-likeness (QED) is 0.635. The van der Waals surface area contributed by atoms with Crippen LogP contribution >= 0.6 is 34.8 Å². The van der Waals surface area contributed by atoms with Crippen LogP contribution in [0.4, 0.5) is 0 Å². The van der Waals surface area contributed by atoms with E-state index in [0.717, 1.165) is 6.42 Å². The van der Waals surface area contributed by atoms with Crippen LogP contribution in [0.3, 0.4) is 0 Å². The molecule has 0 radical (unpaired) electrons. The van der Waals surface area contributed by atoms with Gasteiger partial charge < -0.3 is 4.74 Å². The van der Waals surface area contributed by atoms with Crippen LogP contribution in [0.1, 0.15) is 38.5 Å². The number of hydrogen-bond donors (Lipinski definition) is 0. The molecule has 1 aromatic rings. The lowest BCUT2D eigenvalue weighted by Gasteiger charge is -2.55. The summed E-state index contributed by atoms with van der Waals surface area (Å²) in [4.78, 5) is 0. The highest BCUT2D eigenvalue weighted by molar-refractivity contribution is 6.34. The Labute approximate surface area is 129 Å². The largest absolute Gasteiger partial charge is 0.488 e. The monoisotopic (exact) mass is 318 g/mol. The van der Waals surface area contributed by atoms with E-state index in [9.17, 15) is 0 Å². The summed E-state index contributed by atoms with van der Waals surface area (Å²) in [5, 5.41) is 1.52. The first-order chi connectivity index (χ1) is 9.12. The van der Waals surface area contributed by atoms with Gasteiger partial charge in [0.15, 0.2) is 0 Å². The smallest absolute Gasteiger partial charge is 0.139 e. The Morgan fingerprint density at radius 3 is 2.53 bits per heavy atom. The predicted molar refractivity (Wildman–Crippen MR) is 80.7 cm³/mol. The van der Waals surface area contributed by atoms with Crippen LogP contribution in [-0.4, -0.2) is 11.5 Å².